The fourth-order valence-corrected chi connectivity index (χ4v) is 3.07. The quantitative estimate of drug-likeness (QED) is 0.231. The number of benzene rings is 1. The van der Waals surface area contributed by atoms with E-state index in [0.717, 1.165) is 11.3 Å². The highest BCUT2D eigenvalue weighted by Crippen LogP contribution is 2.23. The maximum absolute atomic E-state index is 12.5. The third-order valence-corrected chi connectivity index (χ3v) is 4.43. The lowest BCUT2D eigenvalue weighted by molar-refractivity contribution is -0.124. The molecule has 1 amide bonds. The second-order valence-electron chi connectivity index (χ2n) is 6.58. The van der Waals surface area contributed by atoms with Crippen molar-refractivity contribution in [2.75, 3.05) is 5.32 Å². The van der Waals surface area contributed by atoms with E-state index >= 15 is 0 Å². The second kappa shape index (κ2) is 9.18. The minimum atomic E-state index is -0.600. The normalized spacial score (nSPS) is 16.8. The molecule has 1 aromatic rings. The fraction of sp³-hybridized carbons (Fsp3) is 0.400. The summed E-state index contributed by atoms with van der Waals surface area (Å²) in [5.74, 6) is -0.862. The van der Waals surface area contributed by atoms with Crippen LogP contribution in [-0.2, 0) is 4.79 Å². The van der Waals surface area contributed by atoms with Gasteiger partial charge in [-0.25, -0.2) is 5.48 Å². The van der Waals surface area contributed by atoms with Gasteiger partial charge in [0.05, 0.1) is 0 Å². The highest BCUT2D eigenvalue weighted by atomic mass is 16.5. The molecule has 1 aliphatic rings. The lowest BCUT2D eigenvalue weighted by Crippen LogP contribution is -2.15. The van der Waals surface area contributed by atoms with Crippen molar-refractivity contribution in [2.24, 2.45) is 5.92 Å². The summed E-state index contributed by atoms with van der Waals surface area (Å²) in [5.41, 5.74) is 4.04. The molecule has 134 valence electrons. The Labute approximate surface area is 148 Å². The summed E-state index contributed by atoms with van der Waals surface area (Å²) in [5, 5.41) is 12.0. The van der Waals surface area contributed by atoms with E-state index in [-0.39, 0.29) is 11.7 Å². The molecule has 0 bridgehead atoms. The first-order chi connectivity index (χ1) is 12.0. The minimum Gasteiger partial charge on any atom is -0.382 e. The average molecular weight is 342 g/mol. The molecule has 1 fully saturated rings. The van der Waals surface area contributed by atoms with Gasteiger partial charge in [-0.05, 0) is 44.0 Å². The summed E-state index contributed by atoms with van der Waals surface area (Å²) >= 11 is 0. The van der Waals surface area contributed by atoms with Gasteiger partial charge in [-0.15, -0.1) is 0 Å². The number of hydroxylamine groups is 1. The molecule has 3 N–H and O–H groups in total. The zero-order chi connectivity index (χ0) is 18.2. The van der Waals surface area contributed by atoms with Crippen LogP contribution in [-0.4, -0.2) is 22.9 Å². The molecule has 0 aliphatic heterocycles. The third kappa shape index (κ3) is 5.87. The van der Waals surface area contributed by atoms with Crippen molar-refractivity contribution in [3.8, 4) is 0 Å². The van der Waals surface area contributed by atoms with Gasteiger partial charge in [0.1, 0.15) is 0 Å². The molecule has 0 unspecified atom stereocenters. The number of anilines is 1. The molecule has 0 aromatic heterocycles. The number of carbonyl (C=O) groups is 2. The molecule has 1 saturated carbocycles. The van der Waals surface area contributed by atoms with Gasteiger partial charge >= 0.3 is 0 Å². The number of ketones is 1. The first-order valence-electron chi connectivity index (χ1n) is 8.71. The van der Waals surface area contributed by atoms with Crippen LogP contribution in [0.5, 0.6) is 0 Å². The average Bonchev–Trinajstić information content (AvgIpc) is 3.12. The molecule has 0 saturated heterocycles. The minimum absolute atomic E-state index is 0.0341. The van der Waals surface area contributed by atoms with Gasteiger partial charge in [0.25, 0.3) is 5.91 Å². The molecule has 1 aliphatic carbocycles. The van der Waals surface area contributed by atoms with E-state index in [4.69, 9.17) is 5.21 Å². The van der Waals surface area contributed by atoms with Gasteiger partial charge in [0.15, 0.2) is 5.78 Å². The number of amides is 1. The van der Waals surface area contributed by atoms with E-state index in [1.54, 1.807) is 19.1 Å². The molecule has 0 radical (unpaired) electrons. The maximum Gasteiger partial charge on any atom is 0.267 e. The molecule has 5 nitrogen and oxygen atoms in total. The molecule has 25 heavy (non-hydrogen) atoms. The number of carbonyl (C=O) groups excluding carboxylic acids is 2. The Morgan fingerprint density at radius 1 is 1.16 bits per heavy atom. The molecular formula is C20H26N2O3. The van der Waals surface area contributed by atoms with E-state index in [2.05, 4.69) is 5.32 Å². The van der Waals surface area contributed by atoms with Gasteiger partial charge in [-0.2, -0.15) is 0 Å². The molecule has 2 rings (SSSR count). The van der Waals surface area contributed by atoms with Crippen LogP contribution in [0.1, 0.15) is 49.9 Å². The molecule has 1 atom stereocenters. The molecule has 0 heterocycles. The van der Waals surface area contributed by atoms with Crippen LogP contribution in [0.4, 0.5) is 5.69 Å². The van der Waals surface area contributed by atoms with Gasteiger partial charge in [0, 0.05) is 29.3 Å². The summed E-state index contributed by atoms with van der Waals surface area (Å²) in [4.78, 5) is 23.5. The van der Waals surface area contributed by atoms with Crippen molar-refractivity contribution in [1.29, 1.82) is 0 Å². The van der Waals surface area contributed by atoms with Crippen molar-refractivity contribution < 1.29 is 14.8 Å². The first-order valence-corrected chi connectivity index (χ1v) is 8.71. The predicted molar refractivity (Wildman–Crippen MR) is 98.6 cm³/mol. The highest BCUT2D eigenvalue weighted by Gasteiger charge is 2.16. The van der Waals surface area contributed by atoms with Crippen LogP contribution in [0.15, 0.2) is 48.1 Å². The van der Waals surface area contributed by atoms with E-state index in [1.165, 1.54) is 37.2 Å². The Morgan fingerprint density at radius 3 is 2.40 bits per heavy atom. The summed E-state index contributed by atoms with van der Waals surface area (Å²) in [6, 6.07) is 8.18. The number of nitrogens with one attached hydrogen (secondary N) is 2. The number of hydrogen-bond donors (Lipinski definition) is 3. The second-order valence-corrected chi connectivity index (χ2v) is 6.58. The third-order valence-electron chi connectivity index (χ3n) is 4.43. The monoisotopic (exact) mass is 342 g/mol. The summed E-state index contributed by atoms with van der Waals surface area (Å²) in [7, 11) is 0. The van der Waals surface area contributed by atoms with E-state index in [0.29, 0.717) is 11.6 Å². The first kappa shape index (κ1) is 18.9. The number of allylic oxidation sites excluding steroid dienone is 3. The Bertz CT molecular complexity index is 656. The van der Waals surface area contributed by atoms with Gasteiger partial charge < -0.3 is 5.32 Å². The summed E-state index contributed by atoms with van der Waals surface area (Å²) in [6.07, 6.45) is 9.57. The molecule has 0 spiro atoms. The van der Waals surface area contributed by atoms with Crippen LogP contribution < -0.4 is 10.8 Å². The van der Waals surface area contributed by atoms with Crippen LogP contribution in [0, 0.1) is 5.92 Å². The molecular weight excluding hydrogens is 316 g/mol. The fourth-order valence-electron chi connectivity index (χ4n) is 3.07. The Balaban J connectivity index is 1.96. The Kier molecular flexibility index (Phi) is 6.95. The van der Waals surface area contributed by atoms with Crippen LogP contribution >= 0.6 is 0 Å². The topological polar surface area (TPSA) is 78.4 Å². The predicted octanol–water partition coefficient (Wildman–Crippen LogP) is 3.87. The highest BCUT2D eigenvalue weighted by molar-refractivity contribution is 5.99. The van der Waals surface area contributed by atoms with Gasteiger partial charge in [-0.3, -0.25) is 14.8 Å². The number of Topliss-reactive ketones (excluding diaryl/α,β-unsaturated/α-hetero) is 1. The standard InChI is InChI=1S/C20H26N2O3/c1-14(7-12-19(23)22-25)13-15(2)20(24)16-8-10-18(11-9-16)21-17-5-3-4-6-17/h7-13,15,17,21,25H,3-6H2,1-2H3,(H,22,23)/b12-7+,14-13+/t15-/m1/s1. The molecule has 5 heteroatoms. The number of rotatable bonds is 7. The van der Waals surface area contributed by atoms with Crippen molar-refractivity contribution in [2.45, 2.75) is 45.6 Å². The van der Waals surface area contributed by atoms with E-state index in [9.17, 15) is 9.59 Å². The van der Waals surface area contributed by atoms with Crippen molar-refractivity contribution in [1.82, 2.24) is 5.48 Å². The number of hydrogen-bond acceptors (Lipinski definition) is 4. The lowest BCUT2D eigenvalue weighted by atomic mass is 9.97. The van der Waals surface area contributed by atoms with Crippen LogP contribution in [0.25, 0.3) is 0 Å². The van der Waals surface area contributed by atoms with E-state index in [1.807, 2.05) is 31.2 Å². The largest absolute Gasteiger partial charge is 0.382 e. The van der Waals surface area contributed by atoms with E-state index < -0.39 is 5.91 Å². The smallest absolute Gasteiger partial charge is 0.267 e. The SMILES string of the molecule is CC(/C=C/C(=O)NO)=C\[C@@H](C)C(=O)c1ccc(NC2CCCC2)cc1. The van der Waals surface area contributed by atoms with Crippen LogP contribution in [0.3, 0.4) is 0 Å². The Hall–Kier alpha value is -2.40. The summed E-state index contributed by atoms with van der Waals surface area (Å²) < 4.78 is 0. The van der Waals surface area contributed by atoms with Crippen molar-refractivity contribution >= 4 is 17.4 Å². The van der Waals surface area contributed by atoms with Gasteiger partial charge in [-0.1, -0.05) is 37.5 Å². The maximum atomic E-state index is 12.5. The zero-order valence-corrected chi connectivity index (χ0v) is 14.8. The van der Waals surface area contributed by atoms with Crippen molar-refractivity contribution in [3.05, 3.63) is 53.6 Å². The molecule has 1 aromatic carbocycles. The summed E-state index contributed by atoms with van der Waals surface area (Å²) in [6.45, 7) is 3.63. The lowest BCUT2D eigenvalue weighted by Gasteiger charge is -2.14. The van der Waals surface area contributed by atoms with Gasteiger partial charge in [0.2, 0.25) is 0 Å². The Morgan fingerprint density at radius 2 is 1.80 bits per heavy atom. The zero-order valence-electron chi connectivity index (χ0n) is 14.8. The van der Waals surface area contributed by atoms with Crippen molar-refractivity contribution in [3.63, 3.8) is 0 Å². The van der Waals surface area contributed by atoms with Crippen LogP contribution in [0.2, 0.25) is 0 Å².